The predicted octanol–water partition coefficient (Wildman–Crippen LogP) is -6.30. The molecule has 0 rings (SSSR count). The maximum Gasteiger partial charge on any atom is 0.178 e. The fraction of sp³-hybridized carbons (Fsp3) is 1.00. The second kappa shape index (κ2) is 11.2. The lowest BCUT2D eigenvalue weighted by Gasteiger charge is -2.35. The highest BCUT2D eigenvalue weighted by Gasteiger charge is 2.42. The Hall–Kier alpha value is -0.480. The Morgan fingerprint density at radius 1 is 0.875 bits per heavy atom. The first-order valence-electron chi connectivity index (χ1n) is 7.26. The van der Waals surface area contributed by atoms with E-state index < -0.39 is 62.1 Å². The van der Waals surface area contributed by atoms with E-state index in [-0.39, 0.29) is 13.0 Å². The first kappa shape index (κ1) is 23.5. The summed E-state index contributed by atoms with van der Waals surface area (Å²) in [6.45, 7) is -2.57. The molecule has 0 fully saturated rings. The van der Waals surface area contributed by atoms with Gasteiger partial charge in [0.25, 0.3) is 0 Å². The number of hydroxylamine groups is 1. The largest absolute Gasteiger partial charge is 0.394 e. The minimum atomic E-state index is -2.37. The van der Waals surface area contributed by atoms with Crippen LogP contribution in [0.3, 0.4) is 0 Å². The van der Waals surface area contributed by atoms with Gasteiger partial charge in [0.2, 0.25) is 0 Å². The van der Waals surface area contributed by atoms with E-state index in [9.17, 15) is 30.6 Å². The van der Waals surface area contributed by atoms with Gasteiger partial charge in [-0.2, -0.15) is 5.48 Å². The highest BCUT2D eigenvalue weighted by Crippen LogP contribution is 2.13. The molecule has 0 unspecified atom stereocenters. The lowest BCUT2D eigenvalue weighted by molar-refractivity contribution is -0.217. The topological polar surface area (TPSA) is 229 Å². The van der Waals surface area contributed by atoms with Gasteiger partial charge in [0.1, 0.15) is 30.5 Å². The molecule has 0 radical (unpaired) electrons. The van der Waals surface area contributed by atoms with Crippen molar-refractivity contribution in [2.75, 3.05) is 26.4 Å². The molecule has 0 aromatic carbocycles. The van der Waals surface area contributed by atoms with Crippen LogP contribution in [0, 0.1) is 0 Å². The van der Waals surface area contributed by atoms with Gasteiger partial charge in [0, 0.05) is 13.0 Å². The van der Waals surface area contributed by atoms with Crippen LogP contribution in [0.25, 0.3) is 0 Å². The molecule has 0 amide bonds. The second-order valence-corrected chi connectivity index (χ2v) is 5.36. The van der Waals surface area contributed by atoms with Crippen LogP contribution in [0.1, 0.15) is 6.42 Å². The molecule has 12 nitrogen and oxygen atoms in total. The molecule has 0 saturated heterocycles. The summed E-state index contributed by atoms with van der Waals surface area (Å²) < 4.78 is 0. The summed E-state index contributed by atoms with van der Waals surface area (Å²) in [6, 6.07) is 0. The van der Waals surface area contributed by atoms with Crippen LogP contribution >= 0.6 is 0 Å². The summed E-state index contributed by atoms with van der Waals surface area (Å²) in [7, 11) is 0. The van der Waals surface area contributed by atoms with Gasteiger partial charge in [-0.3, -0.25) is 4.84 Å². The van der Waals surface area contributed by atoms with E-state index in [4.69, 9.17) is 25.9 Å². The van der Waals surface area contributed by atoms with Crippen molar-refractivity contribution in [3.8, 4) is 0 Å². The monoisotopic (exact) mass is 360 g/mol. The van der Waals surface area contributed by atoms with Crippen LogP contribution in [-0.2, 0) is 4.84 Å². The van der Waals surface area contributed by atoms with E-state index in [1.165, 1.54) is 0 Å². The molecule has 146 valence electrons. The Kier molecular flexibility index (Phi) is 11.0. The number of aliphatic hydroxyl groups excluding tert-OH is 8. The van der Waals surface area contributed by atoms with Crippen molar-refractivity contribution in [1.29, 1.82) is 0 Å². The van der Waals surface area contributed by atoms with Gasteiger partial charge in [-0.1, -0.05) is 0 Å². The Labute approximate surface area is 138 Å². The number of hydrogen-bond acceptors (Lipinski definition) is 12. The maximum absolute atomic E-state index is 10.1. The molecule has 0 aliphatic carbocycles. The molecule has 0 spiro atoms. The first-order chi connectivity index (χ1) is 11.1. The van der Waals surface area contributed by atoms with Crippen molar-refractivity contribution in [2.45, 2.75) is 48.8 Å². The van der Waals surface area contributed by atoms with Crippen LogP contribution in [-0.4, -0.2) is 115 Å². The molecule has 0 aromatic heterocycles. The van der Waals surface area contributed by atoms with Crippen LogP contribution in [0.5, 0.6) is 0 Å². The lowest BCUT2D eigenvalue weighted by Crippen LogP contribution is -2.64. The van der Waals surface area contributed by atoms with E-state index in [0.717, 1.165) is 0 Å². The summed E-state index contributed by atoms with van der Waals surface area (Å²) in [5.41, 5.74) is 4.87. The fourth-order valence-electron chi connectivity index (χ4n) is 1.71. The zero-order valence-electron chi connectivity index (χ0n) is 13.0. The van der Waals surface area contributed by atoms with Crippen LogP contribution in [0.15, 0.2) is 0 Å². The van der Waals surface area contributed by atoms with Gasteiger partial charge in [-0.25, -0.2) is 0 Å². The SMILES string of the molecule is NC[C@](O)(NOCC[C@@H](O)[C@H](O)[C@H](O)CO)[C@@H](O)[C@H](O)[C@H](O)CO. The summed E-state index contributed by atoms with van der Waals surface area (Å²) in [5.74, 6) is 0. The minimum absolute atomic E-state index is 0.218. The molecule has 0 aliphatic rings. The van der Waals surface area contributed by atoms with E-state index in [0.29, 0.717) is 0 Å². The lowest BCUT2D eigenvalue weighted by atomic mass is 9.98. The average Bonchev–Trinajstić information content (AvgIpc) is 2.61. The number of aliphatic hydroxyl groups is 9. The normalized spacial score (nSPS) is 22.2. The summed E-state index contributed by atoms with van der Waals surface area (Å²) in [4.78, 5) is 4.80. The third-order valence-electron chi connectivity index (χ3n) is 3.45. The molecule has 0 aliphatic heterocycles. The molecular formula is C12H28N2O10. The van der Waals surface area contributed by atoms with Crippen molar-refractivity contribution in [3.05, 3.63) is 0 Å². The number of nitrogens with two attached hydrogens (primary N) is 1. The smallest absolute Gasteiger partial charge is 0.178 e. The van der Waals surface area contributed by atoms with Crippen molar-refractivity contribution in [2.24, 2.45) is 5.73 Å². The zero-order chi connectivity index (χ0) is 18.9. The third kappa shape index (κ3) is 6.79. The molecule has 0 aromatic rings. The quantitative estimate of drug-likeness (QED) is 0.0836. The molecule has 0 bridgehead atoms. The van der Waals surface area contributed by atoms with E-state index in [2.05, 4.69) is 0 Å². The molecule has 24 heavy (non-hydrogen) atoms. The molecule has 12 heteroatoms. The first-order valence-corrected chi connectivity index (χ1v) is 7.26. The van der Waals surface area contributed by atoms with E-state index in [1.807, 2.05) is 5.48 Å². The van der Waals surface area contributed by atoms with Crippen LogP contribution in [0.4, 0.5) is 0 Å². The minimum Gasteiger partial charge on any atom is -0.394 e. The fourth-order valence-corrected chi connectivity index (χ4v) is 1.71. The van der Waals surface area contributed by atoms with Gasteiger partial charge in [-0.15, -0.1) is 0 Å². The Balaban J connectivity index is 4.43. The maximum atomic E-state index is 10.1. The van der Waals surface area contributed by atoms with Crippen molar-refractivity contribution >= 4 is 0 Å². The summed E-state index contributed by atoms with van der Waals surface area (Å²) in [5, 5.41) is 84.1. The van der Waals surface area contributed by atoms with Crippen LogP contribution < -0.4 is 11.2 Å². The second-order valence-electron chi connectivity index (χ2n) is 5.36. The van der Waals surface area contributed by atoms with Crippen molar-refractivity contribution < 1.29 is 50.8 Å². The number of hydrogen-bond donors (Lipinski definition) is 11. The number of rotatable bonds is 13. The van der Waals surface area contributed by atoms with Gasteiger partial charge in [0.05, 0.1) is 25.9 Å². The summed E-state index contributed by atoms with van der Waals surface area (Å²) in [6.07, 6.45) is -10.5. The summed E-state index contributed by atoms with van der Waals surface area (Å²) >= 11 is 0. The average molecular weight is 360 g/mol. The van der Waals surface area contributed by atoms with Crippen LogP contribution in [0.2, 0.25) is 0 Å². The highest BCUT2D eigenvalue weighted by atomic mass is 16.7. The third-order valence-corrected chi connectivity index (χ3v) is 3.45. The standard InChI is InChI=1S/C12H28N2O10/c13-5-12(23,11(22)10(21)8(19)4-16)14-24-2-1-6(17)9(20)7(18)3-15/h6-11,14-23H,1-5,13H2/t6-,7-,8-,9+,10-,11+,12-/m1/s1. The number of nitrogens with one attached hydrogen (secondary N) is 1. The van der Waals surface area contributed by atoms with E-state index >= 15 is 0 Å². The predicted molar refractivity (Wildman–Crippen MR) is 77.9 cm³/mol. The highest BCUT2D eigenvalue weighted by molar-refractivity contribution is 4.90. The zero-order valence-corrected chi connectivity index (χ0v) is 13.0. The Morgan fingerprint density at radius 3 is 1.83 bits per heavy atom. The van der Waals surface area contributed by atoms with Crippen molar-refractivity contribution in [1.82, 2.24) is 5.48 Å². The van der Waals surface area contributed by atoms with Gasteiger partial charge >= 0.3 is 0 Å². The van der Waals surface area contributed by atoms with Gasteiger partial charge < -0.3 is 51.7 Å². The van der Waals surface area contributed by atoms with Gasteiger partial charge in [-0.05, 0) is 0 Å². The van der Waals surface area contributed by atoms with Crippen molar-refractivity contribution in [3.63, 3.8) is 0 Å². The van der Waals surface area contributed by atoms with E-state index in [1.54, 1.807) is 0 Å². The molecule has 0 saturated carbocycles. The van der Waals surface area contributed by atoms with Gasteiger partial charge in [0.15, 0.2) is 5.72 Å². The Bertz CT molecular complexity index is 339. The molecule has 7 atom stereocenters. The molecular weight excluding hydrogens is 332 g/mol. The Morgan fingerprint density at radius 2 is 1.38 bits per heavy atom. The molecule has 12 N–H and O–H groups in total. The molecule has 0 heterocycles.